The number of amides is 2. The lowest BCUT2D eigenvalue weighted by Gasteiger charge is -2.33. The fourth-order valence-electron chi connectivity index (χ4n) is 3.88. The van der Waals surface area contributed by atoms with Crippen molar-refractivity contribution in [2.45, 2.75) is 30.7 Å². The van der Waals surface area contributed by atoms with Crippen LogP contribution in [0.5, 0.6) is 0 Å². The van der Waals surface area contributed by atoms with E-state index < -0.39 is 29.4 Å². The summed E-state index contributed by atoms with van der Waals surface area (Å²) in [6.45, 7) is 1.10. The van der Waals surface area contributed by atoms with Gasteiger partial charge in [0.1, 0.15) is 16.7 Å². The number of anilines is 1. The summed E-state index contributed by atoms with van der Waals surface area (Å²) < 4.78 is 18.6. The number of aromatic nitrogens is 1. The normalized spacial score (nSPS) is 22.1. The Morgan fingerprint density at radius 3 is 2.75 bits per heavy atom. The van der Waals surface area contributed by atoms with Crippen molar-refractivity contribution in [3.63, 3.8) is 0 Å². The van der Waals surface area contributed by atoms with Gasteiger partial charge >= 0.3 is 5.97 Å². The molecular formula is C21H18Cl2FN3O4S. The predicted molar refractivity (Wildman–Crippen MR) is 119 cm³/mol. The third kappa shape index (κ3) is 4.16. The van der Waals surface area contributed by atoms with Crippen LogP contribution in [0.1, 0.15) is 24.1 Å². The van der Waals surface area contributed by atoms with Crippen molar-refractivity contribution in [2.24, 2.45) is 0 Å². The Morgan fingerprint density at radius 1 is 1.31 bits per heavy atom. The van der Waals surface area contributed by atoms with E-state index >= 15 is 0 Å². The molecule has 0 unspecified atom stereocenters. The summed E-state index contributed by atoms with van der Waals surface area (Å²) in [6.07, 6.45) is 0.779. The summed E-state index contributed by atoms with van der Waals surface area (Å²) in [5.74, 6) is -1.45. The molecule has 2 amide bonds. The van der Waals surface area contributed by atoms with Crippen LogP contribution in [-0.4, -0.2) is 46.1 Å². The van der Waals surface area contributed by atoms with E-state index in [-0.39, 0.29) is 29.0 Å². The predicted octanol–water partition coefficient (Wildman–Crippen LogP) is 3.91. The summed E-state index contributed by atoms with van der Waals surface area (Å²) >= 11 is 13.4. The Kier molecular flexibility index (Phi) is 6.33. The number of esters is 1. The van der Waals surface area contributed by atoms with Crippen molar-refractivity contribution in [3.8, 4) is 0 Å². The van der Waals surface area contributed by atoms with Crippen LogP contribution in [0.25, 0.3) is 0 Å². The van der Waals surface area contributed by atoms with E-state index in [9.17, 15) is 18.8 Å². The van der Waals surface area contributed by atoms with E-state index in [0.29, 0.717) is 22.9 Å². The zero-order chi connectivity index (χ0) is 23.0. The Labute approximate surface area is 197 Å². The lowest BCUT2D eigenvalue weighted by molar-refractivity contribution is -0.155. The van der Waals surface area contributed by atoms with Crippen molar-refractivity contribution in [1.29, 1.82) is 0 Å². The van der Waals surface area contributed by atoms with Crippen LogP contribution in [0.15, 0.2) is 30.3 Å². The number of ether oxygens (including phenoxy) is 1. The Hall–Kier alpha value is -2.36. The van der Waals surface area contributed by atoms with Crippen LogP contribution >= 0.6 is 35.0 Å². The van der Waals surface area contributed by atoms with Gasteiger partial charge in [-0.25, -0.2) is 14.2 Å². The van der Waals surface area contributed by atoms with Gasteiger partial charge in [-0.1, -0.05) is 35.3 Å². The quantitative estimate of drug-likeness (QED) is 0.630. The molecule has 32 heavy (non-hydrogen) atoms. The van der Waals surface area contributed by atoms with Crippen molar-refractivity contribution in [3.05, 3.63) is 57.5 Å². The first-order valence-electron chi connectivity index (χ1n) is 9.72. The zero-order valence-electron chi connectivity index (χ0n) is 16.9. The summed E-state index contributed by atoms with van der Waals surface area (Å²) in [4.78, 5) is 42.5. The van der Waals surface area contributed by atoms with Gasteiger partial charge in [0.15, 0.2) is 12.4 Å². The number of benzene rings is 1. The second kappa shape index (κ2) is 8.88. The van der Waals surface area contributed by atoms with Gasteiger partial charge in [0.2, 0.25) is 5.91 Å². The first kappa shape index (κ1) is 22.8. The number of hydrogen-bond donors (Lipinski definition) is 1. The van der Waals surface area contributed by atoms with Crippen LogP contribution in [-0.2, 0) is 24.0 Å². The Bertz CT molecular complexity index is 1100. The number of aryl methyl sites for hydroxylation is 1. The van der Waals surface area contributed by atoms with E-state index in [1.807, 2.05) is 0 Å². The summed E-state index contributed by atoms with van der Waals surface area (Å²) in [5.41, 5.74) is 1.23. The Morgan fingerprint density at radius 2 is 2.03 bits per heavy atom. The van der Waals surface area contributed by atoms with E-state index in [4.69, 9.17) is 27.9 Å². The highest BCUT2D eigenvalue weighted by molar-refractivity contribution is 8.00. The third-order valence-corrected chi connectivity index (χ3v) is 7.67. The van der Waals surface area contributed by atoms with Crippen LogP contribution in [0.3, 0.4) is 0 Å². The average Bonchev–Trinajstić information content (AvgIpc) is 3.30. The van der Waals surface area contributed by atoms with Crippen LogP contribution in [0, 0.1) is 12.7 Å². The van der Waals surface area contributed by atoms with Crippen LogP contribution in [0.2, 0.25) is 10.0 Å². The maximum absolute atomic E-state index is 13.4. The number of halogens is 3. The van der Waals surface area contributed by atoms with E-state index in [0.717, 1.165) is 5.56 Å². The molecule has 2 aliphatic rings. The van der Waals surface area contributed by atoms with Gasteiger partial charge in [0, 0.05) is 12.2 Å². The van der Waals surface area contributed by atoms with Crippen molar-refractivity contribution in [1.82, 2.24) is 9.88 Å². The highest BCUT2D eigenvalue weighted by atomic mass is 35.5. The molecule has 0 bridgehead atoms. The first-order chi connectivity index (χ1) is 15.2. The number of carbonyl (C=O) groups is 3. The minimum absolute atomic E-state index is 0.107. The van der Waals surface area contributed by atoms with Crippen molar-refractivity contribution >= 4 is 58.6 Å². The summed E-state index contributed by atoms with van der Waals surface area (Å²) in [6, 6.07) is 6.53. The van der Waals surface area contributed by atoms with Gasteiger partial charge in [-0.2, -0.15) is 0 Å². The highest BCUT2D eigenvalue weighted by Gasteiger charge is 2.57. The number of pyridine rings is 1. The molecule has 0 aliphatic carbocycles. The lowest BCUT2D eigenvalue weighted by atomic mass is 10.0. The smallest absolute Gasteiger partial charge is 0.330 e. The van der Waals surface area contributed by atoms with Crippen LogP contribution < -0.4 is 5.32 Å². The molecule has 0 saturated carbocycles. The van der Waals surface area contributed by atoms with Gasteiger partial charge in [-0.15, -0.1) is 11.8 Å². The van der Waals surface area contributed by atoms with Crippen LogP contribution in [0.4, 0.5) is 10.2 Å². The molecule has 2 aliphatic heterocycles. The SMILES string of the molecule is Cc1nc(NC(=O)COC(=O)[C@@H]2CS[C@]3(c4ccc(F)cc4)CCC(=O)N23)c(Cl)cc1Cl. The minimum atomic E-state index is -0.840. The van der Waals surface area contributed by atoms with E-state index in [1.165, 1.54) is 34.9 Å². The van der Waals surface area contributed by atoms with Gasteiger partial charge in [-0.05, 0) is 37.1 Å². The largest absolute Gasteiger partial charge is 0.454 e. The topological polar surface area (TPSA) is 88.6 Å². The number of hydrogen-bond acceptors (Lipinski definition) is 6. The molecule has 0 spiro atoms. The van der Waals surface area contributed by atoms with E-state index in [2.05, 4.69) is 10.3 Å². The molecule has 11 heteroatoms. The first-order valence-corrected chi connectivity index (χ1v) is 11.5. The fraction of sp³-hybridized carbons (Fsp3) is 0.333. The summed E-state index contributed by atoms with van der Waals surface area (Å²) in [5, 5.41) is 2.99. The second-order valence-electron chi connectivity index (χ2n) is 7.42. The van der Waals surface area contributed by atoms with Crippen molar-refractivity contribution < 1.29 is 23.5 Å². The molecule has 7 nitrogen and oxygen atoms in total. The molecule has 1 aromatic carbocycles. The molecule has 3 heterocycles. The maximum atomic E-state index is 13.4. The molecule has 168 valence electrons. The number of nitrogens with one attached hydrogen (secondary N) is 1. The van der Waals surface area contributed by atoms with Gasteiger partial charge in [0.05, 0.1) is 15.7 Å². The average molecular weight is 498 g/mol. The molecule has 1 aromatic heterocycles. The third-order valence-electron chi connectivity index (χ3n) is 5.40. The Balaban J connectivity index is 1.43. The van der Waals surface area contributed by atoms with Gasteiger partial charge < -0.3 is 15.0 Å². The second-order valence-corrected chi connectivity index (χ2v) is 9.54. The molecule has 2 saturated heterocycles. The van der Waals surface area contributed by atoms with Gasteiger partial charge in [-0.3, -0.25) is 9.59 Å². The summed E-state index contributed by atoms with van der Waals surface area (Å²) in [7, 11) is 0. The van der Waals surface area contributed by atoms with Crippen molar-refractivity contribution in [2.75, 3.05) is 17.7 Å². The number of carbonyl (C=O) groups excluding carboxylic acids is 3. The molecule has 2 atom stereocenters. The number of nitrogens with zero attached hydrogens (tertiary/aromatic N) is 2. The maximum Gasteiger partial charge on any atom is 0.330 e. The number of fused-ring (bicyclic) bond motifs is 1. The zero-order valence-corrected chi connectivity index (χ0v) is 19.2. The highest BCUT2D eigenvalue weighted by Crippen LogP contribution is 2.54. The monoisotopic (exact) mass is 497 g/mol. The standard InChI is InChI=1S/C21H18Cl2FN3O4S/c1-11-14(22)8-15(23)19(25-11)26-17(28)9-31-20(30)16-10-32-21(7-6-18(29)27(16)21)12-2-4-13(24)5-3-12/h2-5,8,16H,6-7,9-10H2,1H3,(H,25,26,28)/t16-,21-/m0/s1. The molecular weight excluding hydrogens is 480 g/mol. The molecule has 1 N–H and O–H groups in total. The minimum Gasteiger partial charge on any atom is -0.454 e. The molecule has 4 rings (SSSR count). The molecule has 2 fully saturated rings. The number of thioether (sulfide) groups is 1. The van der Waals surface area contributed by atoms with E-state index in [1.54, 1.807) is 19.1 Å². The number of rotatable bonds is 5. The van der Waals surface area contributed by atoms with Gasteiger partial charge in [0.25, 0.3) is 5.91 Å². The fourth-order valence-corrected chi connectivity index (χ4v) is 5.92. The molecule has 0 radical (unpaired) electrons. The molecule has 2 aromatic rings. The lowest BCUT2D eigenvalue weighted by Crippen LogP contribution is -2.47.